The Balaban J connectivity index is 2.32. The number of nitrogens with one attached hydrogen (secondary N) is 1. The van der Waals surface area contributed by atoms with Gasteiger partial charge in [0.25, 0.3) is 0 Å². The first kappa shape index (κ1) is 14.4. The Kier molecular flexibility index (Phi) is 6.45. The average molecular weight is 300 g/mol. The van der Waals surface area contributed by atoms with E-state index in [0.29, 0.717) is 12.5 Å². The van der Waals surface area contributed by atoms with Gasteiger partial charge in [-0.3, -0.25) is 0 Å². The smallest absolute Gasteiger partial charge is 0.127 e. The lowest BCUT2D eigenvalue weighted by atomic mass is 10.1. The zero-order valence-electron chi connectivity index (χ0n) is 10.3. The molecule has 0 atom stereocenters. The first-order chi connectivity index (χ1) is 8.09. The third-order valence-electron chi connectivity index (χ3n) is 2.38. The quantitative estimate of drug-likeness (QED) is 0.617. The summed E-state index contributed by atoms with van der Waals surface area (Å²) in [6.45, 7) is 5.22. The van der Waals surface area contributed by atoms with Crippen molar-refractivity contribution in [3.8, 4) is 0 Å². The molecule has 3 heteroatoms. The molecule has 0 aromatic heterocycles. The monoisotopic (exact) mass is 299 g/mol. The summed E-state index contributed by atoms with van der Waals surface area (Å²) >= 11 is 3.25. The molecule has 1 N–H and O–H groups in total. The third-order valence-corrected chi connectivity index (χ3v) is 2.88. The Morgan fingerprint density at radius 3 is 2.76 bits per heavy atom. The van der Waals surface area contributed by atoms with E-state index in [1.54, 1.807) is 0 Å². The highest BCUT2D eigenvalue weighted by molar-refractivity contribution is 9.10. The summed E-state index contributed by atoms with van der Waals surface area (Å²) in [6, 6.07) is 5.71. The van der Waals surface area contributed by atoms with Gasteiger partial charge in [-0.15, -0.1) is 0 Å². The van der Waals surface area contributed by atoms with Gasteiger partial charge in [-0.05, 0) is 37.1 Å². The predicted molar refractivity (Wildman–Crippen MR) is 74.7 cm³/mol. The average Bonchev–Trinajstić information content (AvgIpc) is 2.25. The first-order valence-electron chi connectivity index (χ1n) is 5.92. The fraction of sp³-hybridized carbons (Fsp3) is 0.429. The van der Waals surface area contributed by atoms with Gasteiger partial charge in [-0.25, -0.2) is 4.39 Å². The van der Waals surface area contributed by atoms with Crippen LogP contribution in [0, 0.1) is 5.82 Å². The van der Waals surface area contributed by atoms with Crippen LogP contribution in [0.4, 0.5) is 4.39 Å². The molecule has 0 fully saturated rings. The maximum absolute atomic E-state index is 13.5. The summed E-state index contributed by atoms with van der Waals surface area (Å²) in [7, 11) is 0. The van der Waals surface area contributed by atoms with Crippen LogP contribution in [0.2, 0.25) is 0 Å². The van der Waals surface area contributed by atoms with Gasteiger partial charge >= 0.3 is 0 Å². The number of benzene rings is 1. The number of allylic oxidation sites excluding steroid dienone is 1. The maximum Gasteiger partial charge on any atom is 0.127 e. The van der Waals surface area contributed by atoms with E-state index >= 15 is 0 Å². The van der Waals surface area contributed by atoms with E-state index in [1.165, 1.54) is 6.07 Å². The van der Waals surface area contributed by atoms with E-state index in [2.05, 4.69) is 41.2 Å². The van der Waals surface area contributed by atoms with Crippen LogP contribution in [0.15, 0.2) is 34.8 Å². The second kappa shape index (κ2) is 7.62. The van der Waals surface area contributed by atoms with Crippen molar-refractivity contribution in [3.63, 3.8) is 0 Å². The van der Waals surface area contributed by atoms with Crippen molar-refractivity contribution in [1.82, 2.24) is 5.32 Å². The molecule has 0 saturated heterocycles. The fourth-order valence-electron chi connectivity index (χ4n) is 1.47. The minimum absolute atomic E-state index is 0.149. The zero-order valence-corrected chi connectivity index (χ0v) is 11.9. The SMILES string of the molecule is CC(C)NCCC=CCc1ccc(Br)cc1F. The second-order valence-corrected chi connectivity index (χ2v) is 5.22. The van der Waals surface area contributed by atoms with Crippen LogP contribution in [0.1, 0.15) is 25.8 Å². The second-order valence-electron chi connectivity index (χ2n) is 4.31. The maximum atomic E-state index is 13.5. The summed E-state index contributed by atoms with van der Waals surface area (Å²) in [5.74, 6) is -0.149. The van der Waals surface area contributed by atoms with Crippen LogP contribution in [-0.4, -0.2) is 12.6 Å². The summed E-state index contributed by atoms with van der Waals surface area (Å²) < 4.78 is 14.2. The number of hydrogen-bond donors (Lipinski definition) is 1. The lowest BCUT2D eigenvalue weighted by Gasteiger charge is -2.05. The van der Waals surface area contributed by atoms with Crippen LogP contribution >= 0.6 is 15.9 Å². The molecule has 0 spiro atoms. The molecule has 0 amide bonds. The van der Waals surface area contributed by atoms with Gasteiger partial charge in [-0.1, -0.05) is 48.0 Å². The Hall–Kier alpha value is -0.670. The van der Waals surface area contributed by atoms with Crippen molar-refractivity contribution in [1.29, 1.82) is 0 Å². The largest absolute Gasteiger partial charge is 0.314 e. The molecule has 1 aromatic rings. The highest BCUT2D eigenvalue weighted by atomic mass is 79.9. The van der Waals surface area contributed by atoms with E-state index < -0.39 is 0 Å². The topological polar surface area (TPSA) is 12.0 Å². The summed E-state index contributed by atoms with van der Waals surface area (Å²) in [5, 5.41) is 3.33. The highest BCUT2D eigenvalue weighted by Crippen LogP contribution is 2.15. The van der Waals surface area contributed by atoms with Crippen molar-refractivity contribution in [3.05, 3.63) is 46.2 Å². The van der Waals surface area contributed by atoms with Crippen LogP contribution in [-0.2, 0) is 6.42 Å². The number of hydrogen-bond acceptors (Lipinski definition) is 1. The molecule has 0 aliphatic heterocycles. The van der Waals surface area contributed by atoms with Crippen molar-refractivity contribution in [2.24, 2.45) is 0 Å². The molecule has 0 aliphatic carbocycles. The molecule has 0 radical (unpaired) electrons. The van der Waals surface area contributed by atoms with Gasteiger partial charge < -0.3 is 5.32 Å². The van der Waals surface area contributed by atoms with Crippen LogP contribution in [0.5, 0.6) is 0 Å². The summed E-state index contributed by atoms with van der Waals surface area (Å²) in [4.78, 5) is 0. The molecule has 1 rings (SSSR count). The zero-order chi connectivity index (χ0) is 12.7. The van der Waals surface area contributed by atoms with Gasteiger partial charge in [0.1, 0.15) is 5.82 Å². The van der Waals surface area contributed by atoms with Gasteiger partial charge in [0.15, 0.2) is 0 Å². The van der Waals surface area contributed by atoms with Gasteiger partial charge in [0, 0.05) is 10.5 Å². The van der Waals surface area contributed by atoms with Crippen molar-refractivity contribution >= 4 is 15.9 Å². The Bertz CT molecular complexity index is 374. The van der Waals surface area contributed by atoms with Crippen LogP contribution in [0.3, 0.4) is 0 Å². The Morgan fingerprint density at radius 1 is 1.35 bits per heavy atom. The van der Waals surface area contributed by atoms with E-state index in [0.717, 1.165) is 23.0 Å². The lowest BCUT2D eigenvalue weighted by molar-refractivity contribution is 0.594. The van der Waals surface area contributed by atoms with Crippen LogP contribution < -0.4 is 5.32 Å². The molecule has 1 nitrogen and oxygen atoms in total. The van der Waals surface area contributed by atoms with Crippen molar-refractivity contribution in [2.75, 3.05) is 6.54 Å². The molecule has 1 aromatic carbocycles. The van der Waals surface area contributed by atoms with E-state index in [-0.39, 0.29) is 5.82 Å². The Morgan fingerprint density at radius 2 is 2.12 bits per heavy atom. The molecule has 0 bridgehead atoms. The normalized spacial score (nSPS) is 11.6. The third kappa shape index (κ3) is 5.99. The molecule has 0 unspecified atom stereocenters. The number of rotatable bonds is 6. The minimum Gasteiger partial charge on any atom is -0.314 e. The lowest BCUT2D eigenvalue weighted by Crippen LogP contribution is -2.23. The Labute approximate surface area is 111 Å². The van der Waals surface area contributed by atoms with Gasteiger partial charge in [0.2, 0.25) is 0 Å². The molecule has 0 saturated carbocycles. The summed E-state index contributed by atoms with van der Waals surface area (Å²) in [5.41, 5.74) is 0.737. The molecule has 17 heavy (non-hydrogen) atoms. The van der Waals surface area contributed by atoms with E-state index in [1.807, 2.05) is 18.2 Å². The van der Waals surface area contributed by atoms with Crippen LogP contribution in [0.25, 0.3) is 0 Å². The first-order valence-corrected chi connectivity index (χ1v) is 6.71. The molecular weight excluding hydrogens is 281 g/mol. The molecule has 94 valence electrons. The van der Waals surface area contributed by atoms with E-state index in [9.17, 15) is 4.39 Å². The highest BCUT2D eigenvalue weighted by Gasteiger charge is 1.99. The van der Waals surface area contributed by atoms with Crippen molar-refractivity contribution < 1.29 is 4.39 Å². The minimum atomic E-state index is -0.149. The molecular formula is C14H19BrFN. The standard InChI is InChI=1S/C14H19BrFN/c1-11(2)17-9-5-3-4-6-12-7-8-13(15)10-14(12)16/h3-4,7-8,10-11,17H,5-6,9H2,1-2H3. The number of halogens is 2. The van der Waals surface area contributed by atoms with Gasteiger partial charge in [0.05, 0.1) is 0 Å². The predicted octanol–water partition coefficient (Wildman–Crippen LogP) is 4.08. The molecule has 0 aliphatic rings. The summed E-state index contributed by atoms with van der Waals surface area (Å²) in [6.07, 6.45) is 5.75. The fourth-order valence-corrected chi connectivity index (χ4v) is 1.80. The molecule has 0 heterocycles. The van der Waals surface area contributed by atoms with Gasteiger partial charge in [-0.2, -0.15) is 0 Å². The van der Waals surface area contributed by atoms with Crippen molar-refractivity contribution in [2.45, 2.75) is 32.7 Å². The van der Waals surface area contributed by atoms with E-state index in [4.69, 9.17) is 0 Å².